The van der Waals surface area contributed by atoms with Gasteiger partial charge in [0.25, 0.3) is 10.0 Å². The highest BCUT2D eigenvalue weighted by Gasteiger charge is 2.15. The topological polar surface area (TPSA) is 93.2 Å². The van der Waals surface area contributed by atoms with Crippen LogP contribution in [0.2, 0.25) is 0 Å². The van der Waals surface area contributed by atoms with E-state index < -0.39 is 10.0 Å². The summed E-state index contributed by atoms with van der Waals surface area (Å²) in [6.45, 7) is 6.48. The molecule has 0 aliphatic carbocycles. The molecule has 24 heavy (non-hydrogen) atoms. The summed E-state index contributed by atoms with van der Waals surface area (Å²) in [5.41, 5.74) is 0. The van der Waals surface area contributed by atoms with Crippen LogP contribution in [0.5, 0.6) is 5.75 Å². The van der Waals surface area contributed by atoms with E-state index in [-0.39, 0.29) is 16.8 Å². The van der Waals surface area contributed by atoms with Crippen molar-refractivity contribution in [3.63, 3.8) is 0 Å². The number of nitrogens with zero attached hydrogens (tertiary/aromatic N) is 2. The van der Waals surface area contributed by atoms with Crippen molar-refractivity contribution in [2.24, 2.45) is 0 Å². The molecule has 1 unspecified atom stereocenters. The molecule has 1 atom stereocenters. The van der Waals surface area contributed by atoms with Crippen LogP contribution in [0.1, 0.15) is 27.2 Å². The molecule has 0 spiro atoms. The fourth-order valence-corrected chi connectivity index (χ4v) is 2.89. The SMILES string of the molecule is CCOc1ccc(S(=O)(=O)Nc2ccc(NC(C)CC)nn2)cc1. The van der Waals surface area contributed by atoms with Crippen molar-refractivity contribution in [2.45, 2.75) is 38.1 Å². The molecule has 0 aliphatic heterocycles. The van der Waals surface area contributed by atoms with Gasteiger partial charge in [0.2, 0.25) is 0 Å². The zero-order valence-corrected chi connectivity index (χ0v) is 14.8. The van der Waals surface area contributed by atoms with Gasteiger partial charge in [-0.05, 0) is 56.7 Å². The lowest BCUT2D eigenvalue weighted by Crippen LogP contribution is -2.16. The molecule has 0 aliphatic rings. The van der Waals surface area contributed by atoms with E-state index in [9.17, 15) is 8.42 Å². The lowest BCUT2D eigenvalue weighted by Gasteiger charge is -2.12. The van der Waals surface area contributed by atoms with Crippen molar-refractivity contribution >= 4 is 21.7 Å². The first-order chi connectivity index (χ1) is 11.4. The summed E-state index contributed by atoms with van der Waals surface area (Å²) in [5, 5.41) is 11.0. The molecule has 0 saturated carbocycles. The van der Waals surface area contributed by atoms with Crippen LogP contribution >= 0.6 is 0 Å². The summed E-state index contributed by atoms with van der Waals surface area (Å²) in [7, 11) is -3.71. The van der Waals surface area contributed by atoms with E-state index in [4.69, 9.17) is 4.74 Å². The second-order valence-corrected chi connectivity index (χ2v) is 6.95. The van der Waals surface area contributed by atoms with Gasteiger partial charge in [0.1, 0.15) is 11.6 Å². The molecule has 1 aromatic carbocycles. The number of aromatic nitrogens is 2. The van der Waals surface area contributed by atoms with Crippen LogP contribution in [-0.4, -0.2) is 31.3 Å². The number of nitrogens with one attached hydrogen (secondary N) is 2. The van der Waals surface area contributed by atoms with Crippen LogP contribution in [0.4, 0.5) is 11.6 Å². The summed E-state index contributed by atoms with van der Waals surface area (Å²) >= 11 is 0. The van der Waals surface area contributed by atoms with Crippen molar-refractivity contribution in [3.8, 4) is 5.75 Å². The number of rotatable bonds is 8. The highest BCUT2D eigenvalue weighted by molar-refractivity contribution is 7.92. The normalized spacial score (nSPS) is 12.5. The Morgan fingerprint density at radius 1 is 1.04 bits per heavy atom. The first-order valence-corrected chi connectivity index (χ1v) is 9.29. The largest absolute Gasteiger partial charge is 0.494 e. The molecule has 7 nitrogen and oxygen atoms in total. The third kappa shape index (κ3) is 4.82. The minimum atomic E-state index is -3.71. The first-order valence-electron chi connectivity index (χ1n) is 7.80. The van der Waals surface area contributed by atoms with E-state index >= 15 is 0 Å². The summed E-state index contributed by atoms with van der Waals surface area (Å²) in [6, 6.07) is 9.73. The zero-order chi connectivity index (χ0) is 17.6. The standard InChI is InChI=1S/C16H22N4O3S/c1-4-12(3)17-15-10-11-16(19-18-15)20-24(21,22)14-8-6-13(7-9-14)23-5-2/h6-12H,4-5H2,1-3H3,(H,17,18)(H,19,20). The Morgan fingerprint density at radius 3 is 2.21 bits per heavy atom. The average molecular weight is 350 g/mol. The van der Waals surface area contributed by atoms with Crippen molar-refractivity contribution in [1.29, 1.82) is 0 Å². The molecule has 0 amide bonds. The number of benzene rings is 1. The van der Waals surface area contributed by atoms with Crippen LogP contribution in [0.15, 0.2) is 41.3 Å². The van der Waals surface area contributed by atoms with Gasteiger partial charge in [0.05, 0.1) is 11.5 Å². The highest BCUT2D eigenvalue weighted by Crippen LogP contribution is 2.18. The number of anilines is 2. The van der Waals surface area contributed by atoms with E-state index in [2.05, 4.69) is 27.2 Å². The molecule has 2 N–H and O–H groups in total. The molecule has 0 radical (unpaired) electrons. The van der Waals surface area contributed by atoms with E-state index in [1.54, 1.807) is 24.3 Å². The first kappa shape index (κ1) is 18.0. The van der Waals surface area contributed by atoms with Crippen LogP contribution in [-0.2, 0) is 10.0 Å². The molecule has 130 valence electrons. The Morgan fingerprint density at radius 2 is 1.67 bits per heavy atom. The average Bonchev–Trinajstić information content (AvgIpc) is 2.57. The van der Waals surface area contributed by atoms with Gasteiger partial charge >= 0.3 is 0 Å². The summed E-state index contributed by atoms with van der Waals surface area (Å²) in [4.78, 5) is 0.134. The van der Waals surface area contributed by atoms with Gasteiger partial charge in [0.15, 0.2) is 5.82 Å². The Kier molecular flexibility index (Phi) is 5.97. The Balaban J connectivity index is 2.08. The molecule has 2 rings (SSSR count). The molecule has 0 saturated heterocycles. The second-order valence-electron chi connectivity index (χ2n) is 5.27. The third-order valence-corrected chi connectivity index (χ3v) is 4.73. The van der Waals surface area contributed by atoms with Gasteiger partial charge in [-0.1, -0.05) is 6.92 Å². The van der Waals surface area contributed by atoms with Crippen molar-refractivity contribution in [3.05, 3.63) is 36.4 Å². The molecular formula is C16H22N4O3S. The molecule has 8 heteroatoms. The van der Waals surface area contributed by atoms with Gasteiger partial charge in [-0.15, -0.1) is 10.2 Å². The lowest BCUT2D eigenvalue weighted by atomic mass is 10.2. The summed E-state index contributed by atoms with van der Waals surface area (Å²) < 4.78 is 32.4. The Bertz CT molecular complexity index is 746. The number of sulfonamides is 1. The van der Waals surface area contributed by atoms with Gasteiger partial charge in [-0.25, -0.2) is 8.42 Å². The maximum Gasteiger partial charge on any atom is 0.263 e. The van der Waals surface area contributed by atoms with Gasteiger partial charge in [-0.3, -0.25) is 4.72 Å². The lowest BCUT2D eigenvalue weighted by molar-refractivity contribution is 0.340. The van der Waals surface area contributed by atoms with Gasteiger partial charge in [-0.2, -0.15) is 0 Å². The molecule has 1 heterocycles. The van der Waals surface area contributed by atoms with Crippen molar-refractivity contribution in [2.75, 3.05) is 16.6 Å². The fraction of sp³-hybridized carbons (Fsp3) is 0.375. The minimum absolute atomic E-state index is 0.134. The summed E-state index contributed by atoms with van der Waals surface area (Å²) in [5.74, 6) is 1.39. The van der Waals surface area contributed by atoms with E-state index in [1.165, 1.54) is 12.1 Å². The van der Waals surface area contributed by atoms with Crippen LogP contribution < -0.4 is 14.8 Å². The molecule has 0 bridgehead atoms. The Labute approximate surface area is 142 Å². The zero-order valence-electron chi connectivity index (χ0n) is 14.0. The molecule has 0 fully saturated rings. The smallest absolute Gasteiger partial charge is 0.263 e. The van der Waals surface area contributed by atoms with E-state index in [0.717, 1.165) is 6.42 Å². The highest BCUT2D eigenvalue weighted by atomic mass is 32.2. The predicted molar refractivity (Wildman–Crippen MR) is 93.8 cm³/mol. The third-order valence-electron chi connectivity index (χ3n) is 3.36. The van der Waals surface area contributed by atoms with Crippen LogP contribution in [0, 0.1) is 0 Å². The Hall–Kier alpha value is -2.35. The summed E-state index contributed by atoms with van der Waals surface area (Å²) in [6.07, 6.45) is 0.952. The maximum absolute atomic E-state index is 12.3. The van der Waals surface area contributed by atoms with Crippen LogP contribution in [0.25, 0.3) is 0 Å². The predicted octanol–water partition coefficient (Wildman–Crippen LogP) is 2.89. The molecule has 2 aromatic rings. The van der Waals surface area contributed by atoms with Crippen molar-refractivity contribution < 1.29 is 13.2 Å². The molecule has 1 aromatic heterocycles. The van der Waals surface area contributed by atoms with E-state index in [1.807, 2.05) is 13.8 Å². The minimum Gasteiger partial charge on any atom is -0.494 e. The molecular weight excluding hydrogens is 328 g/mol. The van der Waals surface area contributed by atoms with Crippen LogP contribution in [0.3, 0.4) is 0 Å². The van der Waals surface area contributed by atoms with Crippen molar-refractivity contribution in [1.82, 2.24) is 10.2 Å². The number of hydrogen-bond donors (Lipinski definition) is 2. The van der Waals surface area contributed by atoms with Gasteiger partial charge in [0, 0.05) is 6.04 Å². The monoisotopic (exact) mass is 350 g/mol. The van der Waals surface area contributed by atoms with E-state index in [0.29, 0.717) is 18.2 Å². The number of hydrogen-bond acceptors (Lipinski definition) is 6. The fourth-order valence-electron chi connectivity index (χ4n) is 1.90. The number of ether oxygens (including phenoxy) is 1. The maximum atomic E-state index is 12.3. The quantitative estimate of drug-likeness (QED) is 0.760. The second kappa shape index (κ2) is 7.96. The van der Waals surface area contributed by atoms with Gasteiger partial charge < -0.3 is 10.1 Å².